The topological polar surface area (TPSA) is 85.9 Å². The number of benzene rings is 2. The molecule has 0 aliphatic rings. The maximum atomic E-state index is 12.5. The second kappa shape index (κ2) is 7.52. The van der Waals surface area contributed by atoms with Crippen molar-refractivity contribution in [2.45, 2.75) is 31.2 Å². The third-order valence-corrected chi connectivity index (χ3v) is 5.26. The minimum atomic E-state index is -0.261. The zero-order chi connectivity index (χ0) is 19.7. The normalized spacial score (nSPS) is 11.9. The first-order valence-corrected chi connectivity index (χ1v) is 9.96. The van der Waals surface area contributed by atoms with Crippen LogP contribution in [0.2, 0.25) is 0 Å². The summed E-state index contributed by atoms with van der Waals surface area (Å²) in [6.07, 6.45) is 1.68. The number of rotatable bonds is 5. The molecule has 2 aromatic heterocycles. The number of aromatic nitrogens is 3. The van der Waals surface area contributed by atoms with E-state index in [1.165, 1.54) is 0 Å². The molecule has 3 N–H and O–H groups in total. The highest BCUT2D eigenvalue weighted by molar-refractivity contribution is 7.99. The van der Waals surface area contributed by atoms with Gasteiger partial charge in [0.25, 0.3) is 5.91 Å². The lowest BCUT2D eigenvalue weighted by molar-refractivity contribution is 0.0955. The van der Waals surface area contributed by atoms with Crippen LogP contribution in [0.3, 0.4) is 0 Å². The molecule has 0 aliphatic carbocycles. The van der Waals surface area contributed by atoms with Crippen LogP contribution in [-0.4, -0.2) is 32.3 Å². The van der Waals surface area contributed by atoms with E-state index in [0.29, 0.717) is 10.8 Å². The van der Waals surface area contributed by atoms with Crippen LogP contribution < -0.4 is 5.43 Å². The number of imidazole rings is 1. The third kappa shape index (κ3) is 3.66. The molecule has 0 aliphatic heterocycles. The lowest BCUT2D eigenvalue weighted by Gasteiger charge is -2.00. The monoisotopic (exact) mass is 391 g/mol. The first-order valence-electron chi connectivity index (χ1n) is 9.08. The van der Waals surface area contributed by atoms with Crippen molar-refractivity contribution in [2.75, 3.05) is 0 Å². The molecule has 28 heavy (non-hydrogen) atoms. The highest BCUT2D eigenvalue weighted by atomic mass is 32.2. The lowest BCUT2D eigenvalue weighted by atomic mass is 10.1. The molecule has 1 amide bonds. The molecule has 0 unspecified atom stereocenters. The van der Waals surface area contributed by atoms with Gasteiger partial charge in [0.15, 0.2) is 5.16 Å². The first-order chi connectivity index (χ1) is 13.5. The van der Waals surface area contributed by atoms with Gasteiger partial charge in [0.05, 0.1) is 17.2 Å². The van der Waals surface area contributed by atoms with Gasteiger partial charge in [0, 0.05) is 33.0 Å². The Morgan fingerprint density at radius 2 is 2.00 bits per heavy atom. The number of H-pyrrole nitrogens is 2. The number of nitrogens with zero attached hydrogens (tertiary/aromatic N) is 2. The summed E-state index contributed by atoms with van der Waals surface area (Å²) >= 11 is 1.66. The van der Waals surface area contributed by atoms with E-state index in [4.69, 9.17) is 0 Å². The molecule has 0 saturated carbocycles. The van der Waals surface area contributed by atoms with Crippen LogP contribution in [0.4, 0.5) is 0 Å². The number of aromatic amines is 2. The average molecular weight is 392 g/mol. The number of hydrogen-bond donors (Lipinski definition) is 3. The smallest absolute Gasteiger partial charge is 0.271 e. The molecule has 142 valence electrons. The quantitative estimate of drug-likeness (QED) is 0.264. The van der Waals surface area contributed by atoms with E-state index in [9.17, 15) is 4.79 Å². The summed E-state index contributed by atoms with van der Waals surface area (Å²) in [7, 11) is 0. The maximum absolute atomic E-state index is 12.5. The summed E-state index contributed by atoms with van der Waals surface area (Å²) in [6, 6.07) is 13.4. The molecular formula is C21H21N5OS. The Morgan fingerprint density at radius 1 is 1.18 bits per heavy atom. The third-order valence-electron chi connectivity index (χ3n) is 4.37. The van der Waals surface area contributed by atoms with E-state index < -0.39 is 0 Å². The van der Waals surface area contributed by atoms with Gasteiger partial charge in [-0.05, 0) is 31.2 Å². The van der Waals surface area contributed by atoms with Gasteiger partial charge < -0.3 is 9.97 Å². The SMILES string of the molecule is Cc1[nH]c2ccccc2c1/C=N\NC(=O)c1ccc2nc(SC(C)C)[nH]c2c1. The molecule has 7 heteroatoms. The summed E-state index contributed by atoms with van der Waals surface area (Å²) in [4.78, 5) is 23.6. The van der Waals surface area contributed by atoms with E-state index in [1.807, 2.05) is 37.3 Å². The van der Waals surface area contributed by atoms with Gasteiger partial charge in [0.2, 0.25) is 0 Å². The van der Waals surface area contributed by atoms with E-state index in [0.717, 1.165) is 38.4 Å². The first kappa shape index (κ1) is 18.3. The van der Waals surface area contributed by atoms with Crippen LogP contribution in [-0.2, 0) is 0 Å². The van der Waals surface area contributed by atoms with E-state index in [1.54, 1.807) is 30.1 Å². The van der Waals surface area contributed by atoms with Crippen LogP contribution in [0.1, 0.15) is 35.5 Å². The number of para-hydroxylation sites is 1. The number of aryl methyl sites for hydroxylation is 1. The fraction of sp³-hybridized carbons (Fsp3) is 0.190. The fourth-order valence-electron chi connectivity index (χ4n) is 3.09. The van der Waals surface area contributed by atoms with E-state index in [-0.39, 0.29) is 5.91 Å². The van der Waals surface area contributed by atoms with Gasteiger partial charge in [-0.15, -0.1) is 0 Å². The van der Waals surface area contributed by atoms with Crippen molar-refractivity contribution in [1.82, 2.24) is 20.4 Å². The van der Waals surface area contributed by atoms with Crippen molar-refractivity contribution >= 4 is 45.8 Å². The number of thioether (sulfide) groups is 1. The number of nitrogens with one attached hydrogen (secondary N) is 3. The number of carbonyl (C=O) groups is 1. The van der Waals surface area contributed by atoms with Crippen LogP contribution in [0.5, 0.6) is 0 Å². The molecule has 4 aromatic rings. The number of fused-ring (bicyclic) bond motifs is 2. The van der Waals surface area contributed by atoms with Crippen molar-refractivity contribution < 1.29 is 4.79 Å². The Hall–Kier alpha value is -3.06. The Morgan fingerprint density at radius 3 is 2.82 bits per heavy atom. The molecule has 0 bridgehead atoms. The summed E-state index contributed by atoms with van der Waals surface area (Å²) in [5, 5.41) is 6.52. The van der Waals surface area contributed by atoms with Crippen molar-refractivity contribution in [3.63, 3.8) is 0 Å². The molecule has 0 atom stereocenters. The molecule has 0 spiro atoms. The summed E-state index contributed by atoms with van der Waals surface area (Å²) < 4.78 is 0. The predicted molar refractivity (Wildman–Crippen MR) is 115 cm³/mol. The molecule has 0 fully saturated rings. The van der Waals surface area contributed by atoms with Gasteiger partial charge >= 0.3 is 0 Å². The lowest BCUT2D eigenvalue weighted by Crippen LogP contribution is -2.17. The molecule has 0 radical (unpaired) electrons. The Balaban J connectivity index is 1.51. The molecule has 2 aromatic carbocycles. The van der Waals surface area contributed by atoms with Crippen LogP contribution in [0.25, 0.3) is 21.9 Å². The Kier molecular flexibility index (Phi) is 4.92. The van der Waals surface area contributed by atoms with Gasteiger partial charge in [-0.1, -0.05) is 43.8 Å². The van der Waals surface area contributed by atoms with Crippen molar-refractivity contribution in [3.8, 4) is 0 Å². The standard InChI is InChI=1S/C21H21N5OS/c1-12(2)28-21-24-18-9-8-14(10-19(18)25-21)20(27)26-22-11-16-13(3)23-17-7-5-4-6-15(16)17/h4-12,23H,1-3H3,(H,24,25)(H,26,27)/b22-11-. The number of carbonyl (C=O) groups excluding carboxylic acids is 1. The highest BCUT2D eigenvalue weighted by Gasteiger charge is 2.10. The second-order valence-electron chi connectivity index (χ2n) is 6.85. The summed E-state index contributed by atoms with van der Waals surface area (Å²) in [6.45, 7) is 6.22. The molecule has 6 nitrogen and oxygen atoms in total. The zero-order valence-corrected chi connectivity index (χ0v) is 16.7. The van der Waals surface area contributed by atoms with E-state index >= 15 is 0 Å². The second-order valence-corrected chi connectivity index (χ2v) is 8.41. The van der Waals surface area contributed by atoms with Gasteiger partial charge in [-0.2, -0.15) is 5.10 Å². The average Bonchev–Trinajstić information content (AvgIpc) is 3.20. The zero-order valence-electron chi connectivity index (χ0n) is 15.9. The molecule has 4 rings (SSSR count). The minimum absolute atomic E-state index is 0.261. The largest absolute Gasteiger partial charge is 0.358 e. The summed E-state index contributed by atoms with van der Waals surface area (Å²) in [5.41, 5.74) is 7.85. The Bertz CT molecular complexity index is 1190. The molecule has 2 heterocycles. The highest BCUT2D eigenvalue weighted by Crippen LogP contribution is 2.23. The van der Waals surface area contributed by atoms with Gasteiger partial charge in [-0.3, -0.25) is 4.79 Å². The predicted octanol–water partition coefficient (Wildman–Crippen LogP) is 4.62. The number of hydrazone groups is 1. The maximum Gasteiger partial charge on any atom is 0.271 e. The molecular weight excluding hydrogens is 370 g/mol. The molecule has 0 saturated heterocycles. The number of hydrogen-bond acceptors (Lipinski definition) is 4. The van der Waals surface area contributed by atoms with Crippen molar-refractivity contribution in [1.29, 1.82) is 0 Å². The van der Waals surface area contributed by atoms with Crippen molar-refractivity contribution in [3.05, 3.63) is 59.3 Å². The fourth-order valence-corrected chi connectivity index (χ4v) is 3.86. The van der Waals surface area contributed by atoms with Gasteiger partial charge in [-0.25, -0.2) is 10.4 Å². The van der Waals surface area contributed by atoms with Crippen LogP contribution >= 0.6 is 11.8 Å². The number of amides is 1. The van der Waals surface area contributed by atoms with E-state index in [2.05, 4.69) is 39.3 Å². The van der Waals surface area contributed by atoms with Crippen LogP contribution in [0, 0.1) is 6.92 Å². The Labute approximate surface area is 166 Å². The van der Waals surface area contributed by atoms with Crippen molar-refractivity contribution in [2.24, 2.45) is 5.10 Å². The minimum Gasteiger partial charge on any atom is -0.358 e. The van der Waals surface area contributed by atoms with Crippen LogP contribution in [0.15, 0.2) is 52.7 Å². The van der Waals surface area contributed by atoms with Gasteiger partial charge in [0.1, 0.15) is 0 Å². The summed E-state index contributed by atoms with van der Waals surface area (Å²) in [5.74, 6) is -0.261.